The molecule has 2 saturated heterocycles. The molecule has 0 aliphatic carbocycles. The molecule has 0 N–H and O–H groups in total. The molecular weight excluding hydrogens is 408 g/mol. The zero-order valence-corrected chi connectivity index (χ0v) is 17.1. The van der Waals surface area contributed by atoms with Crippen LogP contribution < -0.4 is 4.90 Å². The van der Waals surface area contributed by atoms with Crippen LogP contribution in [-0.2, 0) is 24.2 Å². The smallest absolute Gasteiger partial charge is 0.193 e. The van der Waals surface area contributed by atoms with Crippen molar-refractivity contribution in [2.24, 2.45) is 0 Å². The Morgan fingerprint density at radius 1 is 1.36 bits per heavy atom. The van der Waals surface area contributed by atoms with Gasteiger partial charge in [-0.3, -0.25) is 0 Å². The summed E-state index contributed by atoms with van der Waals surface area (Å²) in [4.78, 5) is 5.53. The van der Waals surface area contributed by atoms with E-state index in [-0.39, 0.29) is 6.04 Å². The average molecular weight is 433 g/mol. The highest BCUT2D eigenvalue weighted by Gasteiger charge is 2.45. The van der Waals surface area contributed by atoms with E-state index in [1.807, 2.05) is 6.07 Å². The predicted molar refractivity (Wildman–Crippen MR) is 101 cm³/mol. The Hall–Kier alpha value is -0.700. The van der Waals surface area contributed by atoms with Crippen LogP contribution in [0, 0.1) is 0 Å². The molecule has 2 fully saturated rings. The number of nitrogens with zero attached hydrogens (tertiary/aromatic N) is 2. The molecular formula is C17H25BrN2O4S. The van der Waals surface area contributed by atoms with Crippen LogP contribution >= 0.6 is 15.9 Å². The third-order valence-corrected chi connectivity index (χ3v) is 7.21. The zero-order valence-electron chi connectivity index (χ0n) is 14.7. The summed E-state index contributed by atoms with van der Waals surface area (Å²) < 4.78 is 37.4. The van der Waals surface area contributed by atoms with Crippen molar-refractivity contribution in [1.82, 2.24) is 4.98 Å². The van der Waals surface area contributed by atoms with Gasteiger partial charge in [0.25, 0.3) is 0 Å². The predicted octanol–water partition coefficient (Wildman–Crippen LogP) is 2.86. The van der Waals surface area contributed by atoms with Crippen LogP contribution in [0.25, 0.3) is 0 Å². The van der Waals surface area contributed by atoms with Gasteiger partial charge >= 0.3 is 0 Å². The van der Waals surface area contributed by atoms with Crippen LogP contribution in [0.15, 0.2) is 16.7 Å². The average Bonchev–Trinajstić information content (AvgIpc) is 2.61. The standard InChI is InChI=1S/C17H25BrN2O4S/c1-3-14-12-23-9-7-20(14)16-11-13(10-15(18)19-16)17(25(2,21)22)6-4-5-8-24-17/h10-11,14H,3-9,12H2,1-2H3/t14-,17?/m0/s1. The van der Waals surface area contributed by atoms with Gasteiger partial charge in [0.05, 0.1) is 19.3 Å². The Kier molecular flexibility index (Phi) is 5.72. The first kappa shape index (κ1) is 19.1. The number of ether oxygens (including phenoxy) is 2. The maximum atomic E-state index is 12.6. The van der Waals surface area contributed by atoms with E-state index >= 15 is 0 Å². The SMILES string of the molecule is CC[C@H]1COCCN1c1cc(C2(S(C)(=O)=O)CCCCO2)cc(Br)n1. The Morgan fingerprint density at radius 3 is 2.80 bits per heavy atom. The van der Waals surface area contributed by atoms with Crippen molar-refractivity contribution in [3.63, 3.8) is 0 Å². The first-order chi connectivity index (χ1) is 11.9. The van der Waals surface area contributed by atoms with Crippen LogP contribution in [0.3, 0.4) is 0 Å². The molecule has 0 bridgehead atoms. The highest BCUT2D eigenvalue weighted by atomic mass is 79.9. The molecule has 6 nitrogen and oxygen atoms in total. The summed E-state index contributed by atoms with van der Waals surface area (Å²) in [6.07, 6.45) is 4.39. The minimum Gasteiger partial charge on any atom is -0.377 e. The monoisotopic (exact) mass is 432 g/mol. The van der Waals surface area contributed by atoms with E-state index < -0.39 is 14.8 Å². The minimum atomic E-state index is -3.44. The first-order valence-electron chi connectivity index (χ1n) is 8.73. The number of morpholine rings is 1. The summed E-state index contributed by atoms with van der Waals surface area (Å²) in [5.41, 5.74) is 0.660. The Labute approximate surface area is 157 Å². The fraction of sp³-hybridized carbons (Fsp3) is 0.706. The van der Waals surface area contributed by atoms with Gasteiger partial charge < -0.3 is 14.4 Å². The number of rotatable bonds is 4. The van der Waals surface area contributed by atoms with E-state index in [0.717, 1.165) is 31.6 Å². The maximum absolute atomic E-state index is 12.6. The van der Waals surface area contributed by atoms with Crippen molar-refractivity contribution in [3.05, 3.63) is 22.3 Å². The Bertz CT molecular complexity index is 719. The van der Waals surface area contributed by atoms with Crippen LogP contribution in [-0.4, -0.2) is 52.1 Å². The van der Waals surface area contributed by atoms with Crippen molar-refractivity contribution in [1.29, 1.82) is 0 Å². The quantitative estimate of drug-likeness (QED) is 0.681. The molecule has 3 heterocycles. The number of aromatic nitrogens is 1. The zero-order chi connectivity index (χ0) is 18.1. The third kappa shape index (κ3) is 3.72. The lowest BCUT2D eigenvalue weighted by atomic mass is 10.0. The Morgan fingerprint density at radius 2 is 2.16 bits per heavy atom. The number of pyridine rings is 1. The van der Waals surface area contributed by atoms with Gasteiger partial charge in [0, 0.05) is 25.0 Å². The highest BCUT2D eigenvalue weighted by Crippen LogP contribution is 2.41. The summed E-state index contributed by atoms with van der Waals surface area (Å²) in [5, 5.41) is 0. The summed E-state index contributed by atoms with van der Waals surface area (Å²) in [6, 6.07) is 3.90. The highest BCUT2D eigenvalue weighted by molar-refractivity contribution is 9.10. The number of anilines is 1. The number of hydrogen-bond donors (Lipinski definition) is 0. The molecule has 0 spiro atoms. The van der Waals surface area contributed by atoms with E-state index in [1.54, 1.807) is 6.07 Å². The Balaban J connectivity index is 2.06. The minimum absolute atomic E-state index is 0.241. The van der Waals surface area contributed by atoms with Crippen molar-refractivity contribution in [2.45, 2.75) is 43.6 Å². The van der Waals surface area contributed by atoms with Gasteiger partial charge in [0.1, 0.15) is 10.4 Å². The van der Waals surface area contributed by atoms with Gasteiger partial charge in [0.15, 0.2) is 14.8 Å². The molecule has 2 aliphatic rings. The molecule has 0 aromatic carbocycles. The van der Waals surface area contributed by atoms with Crippen LogP contribution in [0.1, 0.15) is 38.2 Å². The molecule has 3 rings (SSSR count). The van der Waals surface area contributed by atoms with Crippen molar-refractivity contribution in [2.75, 3.05) is 37.5 Å². The summed E-state index contributed by atoms with van der Waals surface area (Å²) in [7, 11) is -3.44. The fourth-order valence-electron chi connectivity index (χ4n) is 3.65. The molecule has 0 amide bonds. The molecule has 8 heteroatoms. The molecule has 1 unspecified atom stereocenters. The second-order valence-corrected chi connectivity index (χ2v) is 9.71. The number of sulfone groups is 1. The lowest BCUT2D eigenvalue weighted by Crippen LogP contribution is -2.46. The molecule has 0 radical (unpaired) electrons. The topological polar surface area (TPSA) is 68.7 Å². The van der Waals surface area contributed by atoms with Crippen molar-refractivity contribution < 1.29 is 17.9 Å². The normalized spacial score (nSPS) is 28.1. The lowest BCUT2D eigenvalue weighted by Gasteiger charge is -2.39. The molecule has 2 atom stereocenters. The lowest BCUT2D eigenvalue weighted by molar-refractivity contribution is -0.0211. The van der Waals surface area contributed by atoms with E-state index in [9.17, 15) is 8.42 Å². The van der Waals surface area contributed by atoms with E-state index in [1.165, 1.54) is 6.26 Å². The van der Waals surface area contributed by atoms with Gasteiger partial charge in [0.2, 0.25) is 0 Å². The summed E-state index contributed by atoms with van der Waals surface area (Å²) in [5.74, 6) is 0.775. The van der Waals surface area contributed by atoms with E-state index in [2.05, 4.69) is 32.7 Å². The van der Waals surface area contributed by atoms with Crippen LogP contribution in [0.5, 0.6) is 0 Å². The fourth-order valence-corrected chi connectivity index (χ4v) is 5.43. The van der Waals surface area contributed by atoms with Gasteiger partial charge in [-0.05, 0) is 53.7 Å². The maximum Gasteiger partial charge on any atom is 0.193 e. The largest absolute Gasteiger partial charge is 0.377 e. The number of halogens is 1. The van der Waals surface area contributed by atoms with Gasteiger partial charge in [-0.1, -0.05) is 6.92 Å². The molecule has 2 aliphatic heterocycles. The van der Waals surface area contributed by atoms with Gasteiger partial charge in [-0.2, -0.15) is 0 Å². The van der Waals surface area contributed by atoms with Crippen LogP contribution in [0.2, 0.25) is 0 Å². The van der Waals surface area contributed by atoms with E-state index in [0.29, 0.717) is 36.4 Å². The first-order valence-corrected chi connectivity index (χ1v) is 11.4. The molecule has 1 aromatic rings. The third-order valence-electron chi connectivity index (χ3n) is 5.05. The second-order valence-electron chi connectivity index (χ2n) is 6.70. The molecule has 140 valence electrons. The molecule has 1 aromatic heterocycles. The number of hydrogen-bond acceptors (Lipinski definition) is 6. The molecule has 0 saturated carbocycles. The van der Waals surface area contributed by atoms with E-state index in [4.69, 9.17) is 9.47 Å². The molecule has 25 heavy (non-hydrogen) atoms. The van der Waals surface area contributed by atoms with Gasteiger partial charge in [-0.25, -0.2) is 13.4 Å². The van der Waals surface area contributed by atoms with Gasteiger partial charge in [-0.15, -0.1) is 0 Å². The summed E-state index contributed by atoms with van der Waals surface area (Å²) in [6.45, 7) is 4.63. The summed E-state index contributed by atoms with van der Waals surface area (Å²) >= 11 is 3.46. The van der Waals surface area contributed by atoms with Crippen LogP contribution in [0.4, 0.5) is 5.82 Å². The second kappa shape index (κ2) is 7.50. The van der Waals surface area contributed by atoms with Crippen molar-refractivity contribution in [3.8, 4) is 0 Å². The van der Waals surface area contributed by atoms with Crippen molar-refractivity contribution >= 4 is 31.6 Å².